The number of aromatic nitrogens is 2. The number of nitrogens with zero attached hydrogens (tertiary/aromatic N) is 2. The predicted molar refractivity (Wildman–Crippen MR) is 106 cm³/mol. The number of ether oxygens (including phenoxy) is 1. The van der Waals surface area contributed by atoms with Gasteiger partial charge in [-0.05, 0) is 56.5 Å². The molecule has 0 spiro atoms. The van der Waals surface area contributed by atoms with Gasteiger partial charge in [0, 0.05) is 16.9 Å². The SMILES string of the molecule is COc1ccc(NC(=O)c2nn(-c3ccc(C)cc3)c3c2CCC3)cc1Cl. The van der Waals surface area contributed by atoms with Crippen LogP contribution in [0.25, 0.3) is 5.69 Å². The molecule has 1 heterocycles. The molecule has 0 bridgehead atoms. The minimum absolute atomic E-state index is 0.222. The summed E-state index contributed by atoms with van der Waals surface area (Å²) >= 11 is 6.15. The number of anilines is 1. The van der Waals surface area contributed by atoms with Crippen molar-refractivity contribution in [1.29, 1.82) is 0 Å². The van der Waals surface area contributed by atoms with Gasteiger partial charge in [0.05, 0.1) is 17.8 Å². The molecule has 0 aliphatic heterocycles. The predicted octanol–water partition coefficient (Wildman–Crippen LogP) is 4.58. The second-order valence-electron chi connectivity index (χ2n) is 6.68. The first kappa shape index (κ1) is 17.6. The van der Waals surface area contributed by atoms with Gasteiger partial charge >= 0.3 is 0 Å². The Hall–Kier alpha value is -2.79. The highest BCUT2D eigenvalue weighted by Crippen LogP contribution is 2.30. The molecule has 2 aromatic carbocycles. The van der Waals surface area contributed by atoms with Crippen molar-refractivity contribution in [2.75, 3.05) is 12.4 Å². The Morgan fingerprint density at radius 2 is 1.96 bits per heavy atom. The highest BCUT2D eigenvalue weighted by atomic mass is 35.5. The number of carbonyl (C=O) groups excluding carboxylic acids is 1. The molecule has 3 aromatic rings. The van der Waals surface area contributed by atoms with E-state index in [9.17, 15) is 4.79 Å². The van der Waals surface area contributed by atoms with Crippen LogP contribution in [0.5, 0.6) is 5.75 Å². The molecule has 0 radical (unpaired) electrons. The minimum Gasteiger partial charge on any atom is -0.495 e. The topological polar surface area (TPSA) is 56.1 Å². The molecule has 1 aromatic heterocycles. The number of rotatable bonds is 4. The normalized spacial score (nSPS) is 12.7. The van der Waals surface area contributed by atoms with Gasteiger partial charge in [-0.15, -0.1) is 0 Å². The van der Waals surface area contributed by atoms with Gasteiger partial charge < -0.3 is 10.1 Å². The summed E-state index contributed by atoms with van der Waals surface area (Å²) in [5, 5.41) is 7.98. The van der Waals surface area contributed by atoms with Gasteiger partial charge in [-0.1, -0.05) is 29.3 Å². The van der Waals surface area contributed by atoms with Crippen molar-refractivity contribution in [2.24, 2.45) is 0 Å². The summed E-state index contributed by atoms with van der Waals surface area (Å²) in [5.74, 6) is 0.347. The fraction of sp³-hybridized carbons (Fsp3) is 0.238. The van der Waals surface area contributed by atoms with E-state index in [0.717, 1.165) is 36.2 Å². The number of nitrogens with one attached hydrogen (secondary N) is 1. The van der Waals surface area contributed by atoms with E-state index >= 15 is 0 Å². The first-order valence-electron chi connectivity index (χ1n) is 8.89. The summed E-state index contributed by atoms with van der Waals surface area (Å²) in [6, 6.07) is 13.3. The van der Waals surface area contributed by atoms with Crippen molar-refractivity contribution in [2.45, 2.75) is 26.2 Å². The van der Waals surface area contributed by atoms with E-state index in [1.54, 1.807) is 25.3 Å². The fourth-order valence-electron chi connectivity index (χ4n) is 3.45. The third-order valence-electron chi connectivity index (χ3n) is 4.83. The van der Waals surface area contributed by atoms with Gasteiger partial charge in [0.2, 0.25) is 0 Å². The molecule has 6 heteroatoms. The van der Waals surface area contributed by atoms with E-state index in [1.807, 2.05) is 16.8 Å². The quantitative estimate of drug-likeness (QED) is 0.719. The highest BCUT2D eigenvalue weighted by Gasteiger charge is 2.27. The number of amides is 1. The molecule has 5 nitrogen and oxygen atoms in total. The third kappa shape index (κ3) is 3.30. The average Bonchev–Trinajstić information content (AvgIpc) is 3.25. The van der Waals surface area contributed by atoms with Crippen molar-refractivity contribution >= 4 is 23.2 Å². The molecule has 1 aliphatic rings. The molecular formula is C21H20ClN3O2. The second kappa shape index (κ2) is 7.08. The van der Waals surface area contributed by atoms with Crippen molar-refractivity contribution in [3.63, 3.8) is 0 Å². The molecule has 1 N–H and O–H groups in total. The van der Waals surface area contributed by atoms with Crippen LogP contribution >= 0.6 is 11.6 Å². The zero-order valence-corrected chi connectivity index (χ0v) is 16.0. The standard InChI is InChI=1S/C21H20ClN3O2/c1-13-6-9-15(10-7-13)25-18-5-3-4-16(18)20(24-25)21(26)23-14-8-11-19(27-2)17(22)12-14/h6-12H,3-5H2,1-2H3,(H,23,26). The van der Waals surface area contributed by atoms with Gasteiger partial charge in [0.15, 0.2) is 5.69 Å². The Balaban J connectivity index is 1.66. The lowest BCUT2D eigenvalue weighted by atomic mass is 10.2. The molecule has 0 saturated carbocycles. The zero-order chi connectivity index (χ0) is 19.0. The van der Waals surface area contributed by atoms with Crippen LogP contribution < -0.4 is 10.1 Å². The monoisotopic (exact) mass is 381 g/mol. The van der Waals surface area contributed by atoms with Crippen LogP contribution in [-0.4, -0.2) is 22.8 Å². The van der Waals surface area contributed by atoms with Crippen LogP contribution in [0, 0.1) is 6.92 Å². The van der Waals surface area contributed by atoms with E-state index < -0.39 is 0 Å². The van der Waals surface area contributed by atoms with E-state index in [-0.39, 0.29) is 5.91 Å². The molecule has 0 unspecified atom stereocenters. The van der Waals surface area contributed by atoms with E-state index in [4.69, 9.17) is 16.3 Å². The number of aryl methyl sites for hydroxylation is 1. The van der Waals surface area contributed by atoms with Crippen LogP contribution in [0.2, 0.25) is 5.02 Å². The Kier molecular flexibility index (Phi) is 4.62. The van der Waals surface area contributed by atoms with Gasteiger partial charge in [-0.25, -0.2) is 4.68 Å². The lowest BCUT2D eigenvalue weighted by Gasteiger charge is -2.08. The smallest absolute Gasteiger partial charge is 0.276 e. The molecule has 1 amide bonds. The summed E-state index contributed by atoms with van der Waals surface area (Å²) in [6.07, 6.45) is 2.83. The van der Waals surface area contributed by atoms with Gasteiger partial charge in [0.25, 0.3) is 5.91 Å². The number of hydrogen-bond donors (Lipinski definition) is 1. The minimum atomic E-state index is -0.222. The number of carbonyl (C=O) groups is 1. The Bertz CT molecular complexity index is 1010. The first-order chi connectivity index (χ1) is 13.1. The number of benzene rings is 2. The van der Waals surface area contributed by atoms with Crippen LogP contribution in [0.4, 0.5) is 5.69 Å². The van der Waals surface area contributed by atoms with Crippen molar-refractivity contribution in [3.8, 4) is 11.4 Å². The molecule has 138 valence electrons. The first-order valence-corrected chi connectivity index (χ1v) is 9.27. The van der Waals surface area contributed by atoms with Gasteiger partial charge in [-0.3, -0.25) is 4.79 Å². The molecule has 1 aliphatic carbocycles. The van der Waals surface area contributed by atoms with Crippen molar-refractivity contribution < 1.29 is 9.53 Å². The van der Waals surface area contributed by atoms with Crippen LogP contribution in [-0.2, 0) is 12.8 Å². The van der Waals surface area contributed by atoms with Gasteiger partial charge in [-0.2, -0.15) is 5.10 Å². The fourth-order valence-corrected chi connectivity index (χ4v) is 3.71. The number of halogens is 1. The Morgan fingerprint density at radius 3 is 2.67 bits per heavy atom. The zero-order valence-electron chi connectivity index (χ0n) is 15.3. The highest BCUT2D eigenvalue weighted by molar-refractivity contribution is 6.32. The number of fused-ring (bicyclic) bond motifs is 1. The lowest BCUT2D eigenvalue weighted by Crippen LogP contribution is -2.15. The average molecular weight is 382 g/mol. The van der Waals surface area contributed by atoms with Crippen LogP contribution in [0.15, 0.2) is 42.5 Å². The van der Waals surface area contributed by atoms with Gasteiger partial charge in [0.1, 0.15) is 5.75 Å². The molecule has 0 atom stereocenters. The van der Waals surface area contributed by atoms with Crippen molar-refractivity contribution in [1.82, 2.24) is 9.78 Å². The summed E-state index contributed by atoms with van der Waals surface area (Å²) < 4.78 is 7.05. The molecule has 4 rings (SSSR count). The third-order valence-corrected chi connectivity index (χ3v) is 5.13. The molecular weight excluding hydrogens is 362 g/mol. The van der Waals surface area contributed by atoms with Crippen LogP contribution in [0.1, 0.15) is 33.7 Å². The van der Waals surface area contributed by atoms with E-state index in [1.165, 1.54) is 5.56 Å². The summed E-state index contributed by atoms with van der Waals surface area (Å²) in [7, 11) is 1.56. The summed E-state index contributed by atoms with van der Waals surface area (Å²) in [5.41, 5.74) is 5.42. The number of methoxy groups -OCH3 is 1. The summed E-state index contributed by atoms with van der Waals surface area (Å²) in [6.45, 7) is 2.05. The number of hydrogen-bond acceptors (Lipinski definition) is 3. The molecule has 0 fully saturated rings. The maximum atomic E-state index is 12.9. The van der Waals surface area contributed by atoms with Crippen LogP contribution in [0.3, 0.4) is 0 Å². The van der Waals surface area contributed by atoms with E-state index in [2.05, 4.69) is 29.5 Å². The van der Waals surface area contributed by atoms with E-state index in [0.29, 0.717) is 22.2 Å². The second-order valence-corrected chi connectivity index (χ2v) is 7.09. The molecule has 27 heavy (non-hydrogen) atoms. The largest absolute Gasteiger partial charge is 0.495 e. The van der Waals surface area contributed by atoms with Crippen molar-refractivity contribution in [3.05, 3.63) is 70.0 Å². The Morgan fingerprint density at radius 1 is 1.19 bits per heavy atom. The molecule has 0 saturated heterocycles. The maximum Gasteiger partial charge on any atom is 0.276 e. The Labute approximate surface area is 162 Å². The maximum absolute atomic E-state index is 12.9. The summed E-state index contributed by atoms with van der Waals surface area (Å²) in [4.78, 5) is 12.9. The lowest BCUT2D eigenvalue weighted by molar-refractivity contribution is 0.102.